The molecule has 1 saturated heterocycles. The zero-order valence-electron chi connectivity index (χ0n) is 10.8. The van der Waals surface area contributed by atoms with Crippen LogP contribution in [0.5, 0.6) is 0 Å². The lowest BCUT2D eigenvalue weighted by Crippen LogP contribution is -2.15. The van der Waals surface area contributed by atoms with E-state index >= 15 is 0 Å². The van der Waals surface area contributed by atoms with E-state index in [1.807, 2.05) is 6.07 Å². The van der Waals surface area contributed by atoms with Crippen LogP contribution in [-0.4, -0.2) is 19.8 Å². The van der Waals surface area contributed by atoms with Crippen LogP contribution < -0.4 is 5.32 Å². The number of anilines is 1. The largest absolute Gasteiger partial charge is 0.383 e. The van der Waals surface area contributed by atoms with Crippen molar-refractivity contribution in [2.24, 2.45) is 5.92 Å². The fourth-order valence-corrected chi connectivity index (χ4v) is 2.42. The van der Waals surface area contributed by atoms with Crippen molar-refractivity contribution in [1.82, 2.24) is 0 Å². The van der Waals surface area contributed by atoms with Crippen LogP contribution in [0.25, 0.3) is 0 Å². The first-order valence-corrected chi connectivity index (χ1v) is 6.92. The minimum Gasteiger partial charge on any atom is -0.383 e. The average Bonchev–Trinajstić information content (AvgIpc) is 2.42. The summed E-state index contributed by atoms with van der Waals surface area (Å²) < 4.78 is 18.7. The summed E-state index contributed by atoms with van der Waals surface area (Å²) in [7, 11) is 0. The van der Waals surface area contributed by atoms with Gasteiger partial charge in [0.15, 0.2) is 0 Å². The highest BCUT2D eigenvalue weighted by Gasteiger charge is 2.12. The molecule has 0 aromatic heterocycles. The normalized spacial score (nSPS) is 16.7. The van der Waals surface area contributed by atoms with Crippen molar-refractivity contribution in [3.05, 3.63) is 30.1 Å². The second-order valence-electron chi connectivity index (χ2n) is 4.96. The van der Waals surface area contributed by atoms with Gasteiger partial charge in [-0.2, -0.15) is 0 Å². The van der Waals surface area contributed by atoms with Crippen molar-refractivity contribution in [3.63, 3.8) is 0 Å². The third-order valence-corrected chi connectivity index (χ3v) is 3.57. The molecule has 0 spiro atoms. The van der Waals surface area contributed by atoms with Gasteiger partial charge in [-0.05, 0) is 37.3 Å². The Hall–Kier alpha value is -1.09. The quantitative estimate of drug-likeness (QED) is 0.776. The van der Waals surface area contributed by atoms with Crippen LogP contribution in [0.4, 0.5) is 10.1 Å². The summed E-state index contributed by atoms with van der Waals surface area (Å²) in [5, 5.41) is 3.15. The van der Waals surface area contributed by atoms with Gasteiger partial charge in [0, 0.05) is 19.8 Å². The number of halogens is 1. The minimum absolute atomic E-state index is 0.165. The molecule has 1 N–H and O–H groups in total. The van der Waals surface area contributed by atoms with E-state index in [1.54, 1.807) is 12.1 Å². The second-order valence-corrected chi connectivity index (χ2v) is 4.96. The molecule has 1 aliphatic rings. The number of ether oxygens (including phenoxy) is 1. The van der Waals surface area contributed by atoms with Gasteiger partial charge in [-0.15, -0.1) is 0 Å². The summed E-state index contributed by atoms with van der Waals surface area (Å²) in [5.74, 6) is 0.675. The number of benzene rings is 1. The van der Waals surface area contributed by atoms with Crippen LogP contribution in [0, 0.1) is 11.7 Å². The number of hydrogen-bond acceptors (Lipinski definition) is 2. The highest BCUT2D eigenvalue weighted by molar-refractivity contribution is 5.44. The zero-order chi connectivity index (χ0) is 12.6. The Morgan fingerprint density at radius 1 is 1.17 bits per heavy atom. The molecule has 0 saturated carbocycles. The Balaban J connectivity index is 1.57. The van der Waals surface area contributed by atoms with Crippen molar-refractivity contribution in [2.75, 3.05) is 25.1 Å². The number of para-hydroxylation sites is 1. The van der Waals surface area contributed by atoms with Crippen molar-refractivity contribution < 1.29 is 9.13 Å². The van der Waals surface area contributed by atoms with E-state index in [1.165, 1.54) is 31.7 Å². The topological polar surface area (TPSA) is 21.3 Å². The molecule has 2 rings (SSSR count). The van der Waals surface area contributed by atoms with E-state index in [4.69, 9.17) is 4.74 Å². The van der Waals surface area contributed by atoms with Crippen LogP contribution in [0.3, 0.4) is 0 Å². The Morgan fingerprint density at radius 3 is 2.72 bits per heavy atom. The van der Waals surface area contributed by atoms with E-state index < -0.39 is 0 Å². The van der Waals surface area contributed by atoms with Crippen LogP contribution in [0.2, 0.25) is 0 Å². The fourth-order valence-electron chi connectivity index (χ4n) is 2.42. The molecule has 3 heteroatoms. The molecule has 1 aliphatic heterocycles. The van der Waals surface area contributed by atoms with E-state index in [9.17, 15) is 4.39 Å². The molecule has 18 heavy (non-hydrogen) atoms. The van der Waals surface area contributed by atoms with Gasteiger partial charge >= 0.3 is 0 Å². The average molecular weight is 251 g/mol. The van der Waals surface area contributed by atoms with Crippen LogP contribution in [-0.2, 0) is 4.74 Å². The molecule has 2 nitrogen and oxygen atoms in total. The molecule has 0 bridgehead atoms. The number of unbranched alkanes of at least 4 members (excludes halogenated alkanes) is 1. The standard InChI is InChI=1S/C15H22FNO/c16-14-6-1-2-7-15(14)17-10-4-3-5-13-8-11-18-12-9-13/h1-2,6-7,13,17H,3-5,8-12H2. The second kappa shape index (κ2) is 7.37. The Labute approximate surface area is 109 Å². The van der Waals surface area contributed by atoms with Gasteiger partial charge in [-0.25, -0.2) is 4.39 Å². The minimum atomic E-state index is -0.165. The van der Waals surface area contributed by atoms with Crippen LogP contribution in [0.15, 0.2) is 24.3 Å². The lowest BCUT2D eigenvalue weighted by atomic mass is 9.94. The maximum atomic E-state index is 13.3. The van der Waals surface area contributed by atoms with E-state index in [0.717, 1.165) is 32.1 Å². The number of hydrogen-bond donors (Lipinski definition) is 1. The smallest absolute Gasteiger partial charge is 0.146 e. The molecule has 1 fully saturated rings. The van der Waals surface area contributed by atoms with E-state index in [0.29, 0.717) is 5.69 Å². The molecular formula is C15H22FNO. The predicted octanol–water partition coefficient (Wildman–Crippen LogP) is 3.83. The number of nitrogens with one attached hydrogen (secondary N) is 1. The van der Waals surface area contributed by atoms with Gasteiger partial charge in [0.25, 0.3) is 0 Å². The molecular weight excluding hydrogens is 229 g/mol. The van der Waals surface area contributed by atoms with Crippen molar-refractivity contribution >= 4 is 5.69 Å². The summed E-state index contributed by atoms with van der Waals surface area (Å²) in [6.07, 6.45) is 6.02. The van der Waals surface area contributed by atoms with Crippen molar-refractivity contribution in [1.29, 1.82) is 0 Å². The van der Waals surface area contributed by atoms with Gasteiger partial charge in [0.05, 0.1) is 5.69 Å². The Morgan fingerprint density at radius 2 is 1.94 bits per heavy atom. The first-order valence-electron chi connectivity index (χ1n) is 6.92. The molecule has 1 heterocycles. The number of rotatable bonds is 6. The molecule has 100 valence electrons. The van der Waals surface area contributed by atoms with Gasteiger partial charge in [-0.1, -0.05) is 25.0 Å². The molecule has 0 aliphatic carbocycles. The first-order chi connectivity index (χ1) is 8.86. The van der Waals surface area contributed by atoms with Crippen molar-refractivity contribution in [2.45, 2.75) is 32.1 Å². The molecule has 0 unspecified atom stereocenters. The summed E-state index contributed by atoms with van der Waals surface area (Å²) in [4.78, 5) is 0. The van der Waals surface area contributed by atoms with Gasteiger partial charge in [0.1, 0.15) is 5.82 Å². The molecule has 1 aromatic carbocycles. The lowest BCUT2D eigenvalue weighted by molar-refractivity contribution is 0.0632. The summed E-state index contributed by atoms with van der Waals surface area (Å²) in [6, 6.07) is 6.84. The molecule has 0 amide bonds. The zero-order valence-corrected chi connectivity index (χ0v) is 10.8. The van der Waals surface area contributed by atoms with Gasteiger partial charge in [0.2, 0.25) is 0 Å². The Bertz CT molecular complexity index is 350. The summed E-state index contributed by atoms with van der Waals surface area (Å²) >= 11 is 0. The summed E-state index contributed by atoms with van der Waals surface area (Å²) in [6.45, 7) is 2.71. The molecule has 0 atom stereocenters. The summed E-state index contributed by atoms with van der Waals surface area (Å²) in [5.41, 5.74) is 0.614. The third kappa shape index (κ3) is 4.30. The first kappa shape index (κ1) is 13.3. The van der Waals surface area contributed by atoms with Gasteiger partial charge < -0.3 is 10.1 Å². The van der Waals surface area contributed by atoms with Gasteiger partial charge in [-0.3, -0.25) is 0 Å². The van der Waals surface area contributed by atoms with E-state index in [2.05, 4.69) is 5.32 Å². The molecule has 0 radical (unpaired) electrons. The maximum Gasteiger partial charge on any atom is 0.146 e. The van der Waals surface area contributed by atoms with Crippen LogP contribution in [0.1, 0.15) is 32.1 Å². The predicted molar refractivity (Wildman–Crippen MR) is 72.3 cm³/mol. The lowest BCUT2D eigenvalue weighted by Gasteiger charge is -2.21. The van der Waals surface area contributed by atoms with Crippen LogP contribution >= 0.6 is 0 Å². The Kier molecular flexibility index (Phi) is 5.46. The highest BCUT2D eigenvalue weighted by atomic mass is 19.1. The maximum absolute atomic E-state index is 13.3. The monoisotopic (exact) mass is 251 g/mol. The molecule has 1 aromatic rings. The van der Waals surface area contributed by atoms with E-state index in [-0.39, 0.29) is 5.82 Å². The highest BCUT2D eigenvalue weighted by Crippen LogP contribution is 2.21. The fraction of sp³-hybridized carbons (Fsp3) is 0.600. The third-order valence-electron chi connectivity index (χ3n) is 3.57. The van der Waals surface area contributed by atoms with Crippen molar-refractivity contribution in [3.8, 4) is 0 Å². The SMILES string of the molecule is Fc1ccccc1NCCCCC1CCOCC1.